The number of nitro groups is 1. The minimum atomic E-state index is -0.555. The number of hydrogen-bond donors (Lipinski definition) is 1. The molecule has 0 radical (unpaired) electrons. The fourth-order valence-electron chi connectivity index (χ4n) is 2.68. The lowest BCUT2D eigenvalue weighted by Crippen LogP contribution is -2.34. The second-order valence-electron chi connectivity index (χ2n) is 5.97. The van der Waals surface area contributed by atoms with Gasteiger partial charge in [-0.3, -0.25) is 14.9 Å². The standard InChI is InChI=1S/C18H20FN3O3/c1-12-6-4-9-15(17(12)22(24)25)18(23)20-11-16(21(2)3)13-7-5-8-14(19)10-13/h4-10,16H,11H2,1-3H3,(H,20,23). The number of nitrogens with one attached hydrogen (secondary N) is 1. The molecule has 25 heavy (non-hydrogen) atoms. The number of para-hydroxylation sites is 1. The summed E-state index contributed by atoms with van der Waals surface area (Å²) in [5.41, 5.74) is 0.949. The van der Waals surface area contributed by atoms with Crippen LogP contribution in [0.3, 0.4) is 0 Å². The number of nitrogens with zero attached hydrogens (tertiary/aromatic N) is 2. The van der Waals surface area contributed by atoms with Gasteiger partial charge in [-0.2, -0.15) is 0 Å². The molecule has 2 aromatic carbocycles. The number of likely N-dealkylation sites (N-methyl/N-ethyl adjacent to an activating group) is 1. The van der Waals surface area contributed by atoms with Gasteiger partial charge in [0.05, 0.1) is 11.0 Å². The van der Waals surface area contributed by atoms with Crippen LogP contribution in [0, 0.1) is 22.9 Å². The molecule has 0 saturated heterocycles. The maximum atomic E-state index is 13.5. The highest BCUT2D eigenvalue weighted by Gasteiger charge is 2.23. The minimum absolute atomic E-state index is 0.0155. The SMILES string of the molecule is Cc1cccc(C(=O)NCC(c2cccc(F)c2)N(C)C)c1[N+](=O)[O-]. The second kappa shape index (κ2) is 7.85. The van der Waals surface area contributed by atoms with Gasteiger partial charge in [0.2, 0.25) is 0 Å². The molecule has 0 aliphatic heterocycles. The second-order valence-corrected chi connectivity index (χ2v) is 5.97. The molecule has 0 aromatic heterocycles. The van der Waals surface area contributed by atoms with Crippen LogP contribution in [0.1, 0.15) is 27.5 Å². The number of carbonyl (C=O) groups excluding carboxylic acids is 1. The number of halogens is 1. The van der Waals surface area contributed by atoms with Crippen LogP contribution in [0.5, 0.6) is 0 Å². The molecule has 1 unspecified atom stereocenters. The molecule has 1 N–H and O–H groups in total. The molecule has 132 valence electrons. The molecule has 2 rings (SSSR count). The van der Waals surface area contributed by atoms with Crippen molar-refractivity contribution in [1.82, 2.24) is 10.2 Å². The maximum Gasteiger partial charge on any atom is 0.285 e. The zero-order valence-corrected chi connectivity index (χ0v) is 14.3. The third kappa shape index (κ3) is 4.39. The Bertz CT molecular complexity index is 793. The highest BCUT2D eigenvalue weighted by molar-refractivity contribution is 5.98. The minimum Gasteiger partial charge on any atom is -0.350 e. The van der Waals surface area contributed by atoms with Crippen molar-refractivity contribution in [2.24, 2.45) is 0 Å². The Balaban J connectivity index is 2.20. The lowest BCUT2D eigenvalue weighted by atomic mass is 10.0. The summed E-state index contributed by atoms with van der Waals surface area (Å²) in [6.07, 6.45) is 0. The van der Waals surface area contributed by atoms with Gasteiger partial charge in [-0.05, 0) is 44.8 Å². The molecule has 0 heterocycles. The zero-order valence-electron chi connectivity index (χ0n) is 14.3. The number of hydrogen-bond acceptors (Lipinski definition) is 4. The molecule has 0 bridgehead atoms. The third-order valence-corrected chi connectivity index (χ3v) is 3.98. The van der Waals surface area contributed by atoms with Crippen molar-refractivity contribution in [1.29, 1.82) is 0 Å². The van der Waals surface area contributed by atoms with Gasteiger partial charge in [-0.25, -0.2) is 4.39 Å². The van der Waals surface area contributed by atoms with Crippen LogP contribution in [0.2, 0.25) is 0 Å². The first kappa shape index (κ1) is 18.5. The average Bonchev–Trinajstić information content (AvgIpc) is 2.54. The molecule has 2 aromatic rings. The van der Waals surface area contributed by atoms with E-state index < -0.39 is 10.8 Å². The third-order valence-electron chi connectivity index (χ3n) is 3.98. The van der Waals surface area contributed by atoms with E-state index in [-0.39, 0.29) is 29.7 Å². The van der Waals surface area contributed by atoms with Crippen molar-refractivity contribution in [3.05, 3.63) is 75.1 Å². The molecule has 1 atom stereocenters. The summed E-state index contributed by atoms with van der Waals surface area (Å²) in [5, 5.41) is 13.9. The lowest BCUT2D eigenvalue weighted by molar-refractivity contribution is -0.385. The van der Waals surface area contributed by atoms with Gasteiger partial charge in [0.15, 0.2) is 0 Å². The number of amides is 1. The van der Waals surface area contributed by atoms with Crippen molar-refractivity contribution >= 4 is 11.6 Å². The highest BCUT2D eigenvalue weighted by Crippen LogP contribution is 2.23. The molecule has 0 aliphatic rings. The highest BCUT2D eigenvalue weighted by atomic mass is 19.1. The Hall–Kier alpha value is -2.80. The van der Waals surface area contributed by atoms with Crippen molar-refractivity contribution in [3.63, 3.8) is 0 Å². The molecule has 7 heteroatoms. The monoisotopic (exact) mass is 345 g/mol. The van der Waals surface area contributed by atoms with Crippen molar-refractivity contribution < 1.29 is 14.1 Å². The van der Waals surface area contributed by atoms with E-state index in [0.717, 1.165) is 0 Å². The van der Waals surface area contributed by atoms with E-state index in [2.05, 4.69) is 5.32 Å². The first-order chi connectivity index (χ1) is 11.8. The largest absolute Gasteiger partial charge is 0.350 e. The van der Waals surface area contributed by atoms with Crippen LogP contribution in [-0.2, 0) is 0 Å². The molecule has 0 fully saturated rings. The molecular weight excluding hydrogens is 325 g/mol. The first-order valence-corrected chi connectivity index (χ1v) is 7.75. The van der Waals surface area contributed by atoms with Gasteiger partial charge in [-0.1, -0.05) is 24.3 Å². The van der Waals surface area contributed by atoms with E-state index in [1.54, 1.807) is 31.2 Å². The number of nitro benzene ring substituents is 1. The van der Waals surface area contributed by atoms with Gasteiger partial charge in [-0.15, -0.1) is 0 Å². The zero-order chi connectivity index (χ0) is 18.6. The quantitative estimate of drug-likeness (QED) is 0.645. The summed E-state index contributed by atoms with van der Waals surface area (Å²) < 4.78 is 13.5. The van der Waals surface area contributed by atoms with Gasteiger partial charge in [0, 0.05) is 12.1 Å². The summed E-state index contributed by atoms with van der Waals surface area (Å²) in [6, 6.07) is 10.5. The smallest absolute Gasteiger partial charge is 0.285 e. The van der Waals surface area contributed by atoms with Gasteiger partial charge in [0.25, 0.3) is 11.6 Å². The summed E-state index contributed by atoms with van der Waals surface area (Å²) >= 11 is 0. The molecule has 1 amide bonds. The summed E-state index contributed by atoms with van der Waals surface area (Å²) in [7, 11) is 3.63. The normalized spacial score (nSPS) is 12.0. The van der Waals surface area contributed by atoms with Crippen LogP contribution in [-0.4, -0.2) is 36.4 Å². The molecular formula is C18H20FN3O3. The average molecular weight is 345 g/mol. The number of aryl methyl sites for hydroxylation is 1. The summed E-state index contributed by atoms with van der Waals surface area (Å²) in [6.45, 7) is 1.78. The Labute approximate surface area is 145 Å². The van der Waals surface area contributed by atoms with Gasteiger partial charge >= 0.3 is 0 Å². The van der Waals surface area contributed by atoms with E-state index >= 15 is 0 Å². The lowest BCUT2D eigenvalue weighted by Gasteiger charge is -2.25. The Morgan fingerprint density at radius 3 is 2.56 bits per heavy atom. The number of carbonyl (C=O) groups is 1. The fourth-order valence-corrected chi connectivity index (χ4v) is 2.68. The van der Waals surface area contributed by atoms with Crippen molar-refractivity contribution in [3.8, 4) is 0 Å². The predicted octanol–water partition coefficient (Wildman–Crippen LogP) is 3.08. The molecule has 0 aliphatic carbocycles. The fraction of sp³-hybridized carbons (Fsp3) is 0.278. The molecule has 6 nitrogen and oxygen atoms in total. The summed E-state index contributed by atoms with van der Waals surface area (Å²) in [5.74, 6) is -0.886. The Kier molecular flexibility index (Phi) is 5.82. The van der Waals surface area contributed by atoms with Crippen molar-refractivity contribution in [2.45, 2.75) is 13.0 Å². The van der Waals surface area contributed by atoms with E-state index in [0.29, 0.717) is 11.1 Å². The molecule has 0 saturated carbocycles. The van der Waals surface area contributed by atoms with E-state index in [1.807, 2.05) is 19.0 Å². The van der Waals surface area contributed by atoms with E-state index in [9.17, 15) is 19.3 Å². The maximum absolute atomic E-state index is 13.5. The van der Waals surface area contributed by atoms with Gasteiger partial charge in [0.1, 0.15) is 11.4 Å². The van der Waals surface area contributed by atoms with E-state index in [1.165, 1.54) is 18.2 Å². The number of benzene rings is 2. The van der Waals surface area contributed by atoms with Crippen LogP contribution < -0.4 is 5.32 Å². The van der Waals surface area contributed by atoms with Crippen LogP contribution in [0.4, 0.5) is 10.1 Å². The predicted molar refractivity (Wildman–Crippen MR) is 93.0 cm³/mol. The van der Waals surface area contributed by atoms with Crippen LogP contribution >= 0.6 is 0 Å². The Morgan fingerprint density at radius 1 is 1.28 bits per heavy atom. The summed E-state index contributed by atoms with van der Waals surface area (Å²) in [4.78, 5) is 25.0. The van der Waals surface area contributed by atoms with E-state index in [4.69, 9.17) is 0 Å². The van der Waals surface area contributed by atoms with Crippen molar-refractivity contribution in [2.75, 3.05) is 20.6 Å². The molecule has 0 spiro atoms. The topological polar surface area (TPSA) is 75.5 Å². The van der Waals surface area contributed by atoms with Crippen LogP contribution in [0.15, 0.2) is 42.5 Å². The number of rotatable bonds is 6. The van der Waals surface area contributed by atoms with Gasteiger partial charge < -0.3 is 10.2 Å². The Morgan fingerprint density at radius 2 is 1.96 bits per heavy atom. The first-order valence-electron chi connectivity index (χ1n) is 7.75. The van der Waals surface area contributed by atoms with Crippen LogP contribution in [0.25, 0.3) is 0 Å².